The summed E-state index contributed by atoms with van der Waals surface area (Å²) in [6.07, 6.45) is 0. The van der Waals surface area contributed by atoms with Crippen LogP contribution in [0, 0.1) is 6.92 Å². The topological polar surface area (TPSA) is 107 Å². The first-order chi connectivity index (χ1) is 18.2. The SMILES string of the molecule is CCN(CC)CCN1C(=O)C(=O)C(=C(O)c2ccc(S(=O)(=O)N3CCOCC3)cc2)C1c1ccc(C)cc1. The van der Waals surface area contributed by atoms with Crippen molar-refractivity contribution < 1.29 is 27.9 Å². The van der Waals surface area contributed by atoms with E-state index in [4.69, 9.17) is 4.74 Å². The predicted octanol–water partition coefficient (Wildman–Crippen LogP) is 2.78. The molecule has 0 bridgehead atoms. The average molecular weight is 542 g/mol. The third-order valence-corrected chi connectivity index (χ3v) is 9.13. The van der Waals surface area contributed by atoms with Crippen LogP contribution in [0.1, 0.15) is 36.6 Å². The predicted molar refractivity (Wildman–Crippen MR) is 144 cm³/mol. The van der Waals surface area contributed by atoms with Gasteiger partial charge in [-0.1, -0.05) is 43.7 Å². The molecule has 1 atom stereocenters. The highest BCUT2D eigenvalue weighted by Crippen LogP contribution is 2.39. The molecule has 2 heterocycles. The third kappa shape index (κ3) is 5.54. The van der Waals surface area contributed by atoms with E-state index in [0.717, 1.165) is 24.2 Å². The van der Waals surface area contributed by atoms with E-state index in [2.05, 4.69) is 4.90 Å². The summed E-state index contributed by atoms with van der Waals surface area (Å²) in [5, 5.41) is 11.3. The molecule has 4 rings (SSSR count). The number of carbonyl (C=O) groups is 2. The molecular weight excluding hydrogens is 506 g/mol. The minimum atomic E-state index is -3.71. The molecule has 0 aliphatic carbocycles. The molecule has 1 N–H and O–H groups in total. The Balaban J connectivity index is 1.71. The minimum Gasteiger partial charge on any atom is -0.507 e. The van der Waals surface area contributed by atoms with Crippen molar-refractivity contribution in [2.24, 2.45) is 0 Å². The van der Waals surface area contributed by atoms with E-state index < -0.39 is 27.8 Å². The molecule has 2 fully saturated rings. The summed E-state index contributed by atoms with van der Waals surface area (Å²) in [5.74, 6) is -1.73. The molecule has 2 aromatic carbocycles. The smallest absolute Gasteiger partial charge is 0.295 e. The molecule has 9 nitrogen and oxygen atoms in total. The second kappa shape index (κ2) is 11.8. The molecule has 204 valence electrons. The summed E-state index contributed by atoms with van der Waals surface area (Å²) in [7, 11) is -3.71. The van der Waals surface area contributed by atoms with E-state index in [1.54, 1.807) is 0 Å². The van der Waals surface area contributed by atoms with Crippen LogP contribution >= 0.6 is 0 Å². The Morgan fingerprint density at radius 2 is 1.61 bits per heavy atom. The summed E-state index contributed by atoms with van der Waals surface area (Å²) >= 11 is 0. The maximum Gasteiger partial charge on any atom is 0.295 e. The second-order valence-electron chi connectivity index (χ2n) is 9.47. The fraction of sp³-hybridized carbons (Fsp3) is 0.429. The number of rotatable bonds is 9. The van der Waals surface area contributed by atoms with Crippen molar-refractivity contribution in [3.8, 4) is 0 Å². The summed E-state index contributed by atoms with van der Waals surface area (Å²) in [6.45, 7) is 9.81. The van der Waals surface area contributed by atoms with E-state index in [9.17, 15) is 23.1 Å². The lowest BCUT2D eigenvalue weighted by Crippen LogP contribution is -2.40. The normalized spacial score (nSPS) is 20.4. The van der Waals surface area contributed by atoms with Crippen LogP contribution in [0.5, 0.6) is 0 Å². The number of hydrogen-bond acceptors (Lipinski definition) is 7. The molecule has 2 aliphatic rings. The van der Waals surface area contributed by atoms with Gasteiger partial charge in [-0.25, -0.2) is 8.42 Å². The van der Waals surface area contributed by atoms with Gasteiger partial charge in [0.25, 0.3) is 11.7 Å². The maximum atomic E-state index is 13.3. The first-order valence-corrected chi connectivity index (χ1v) is 14.4. The summed E-state index contributed by atoms with van der Waals surface area (Å²) in [4.78, 5) is 30.2. The average Bonchev–Trinajstić information content (AvgIpc) is 3.19. The van der Waals surface area contributed by atoms with Crippen LogP contribution in [0.15, 0.2) is 59.0 Å². The summed E-state index contributed by atoms with van der Waals surface area (Å²) < 4.78 is 32.6. The van der Waals surface area contributed by atoms with Gasteiger partial charge in [0.1, 0.15) is 5.76 Å². The van der Waals surface area contributed by atoms with Crippen LogP contribution in [-0.4, -0.2) is 91.8 Å². The van der Waals surface area contributed by atoms with Gasteiger partial charge < -0.3 is 19.6 Å². The zero-order valence-electron chi connectivity index (χ0n) is 22.1. The number of amides is 1. The first kappa shape index (κ1) is 28.0. The van der Waals surface area contributed by atoms with E-state index in [1.807, 2.05) is 45.0 Å². The Bertz CT molecular complexity index is 1300. The van der Waals surface area contributed by atoms with Gasteiger partial charge >= 0.3 is 0 Å². The number of ether oxygens (including phenoxy) is 1. The lowest BCUT2D eigenvalue weighted by molar-refractivity contribution is -0.140. The Labute approximate surface area is 224 Å². The molecule has 0 radical (unpaired) electrons. The number of aliphatic hydroxyl groups is 1. The molecular formula is C28H35N3O6S. The number of likely N-dealkylation sites (tertiary alicyclic amines) is 1. The molecule has 1 amide bonds. The van der Waals surface area contributed by atoms with Crippen molar-refractivity contribution in [2.75, 3.05) is 52.5 Å². The standard InChI is InChI=1S/C28H35N3O6S/c1-4-29(5-2)14-15-31-25(21-8-6-20(3)7-9-21)24(27(33)28(31)34)26(32)22-10-12-23(13-11-22)38(35,36)30-16-18-37-19-17-30/h6-13,25,32H,4-5,14-19H2,1-3H3. The van der Waals surface area contributed by atoms with Gasteiger partial charge in [0, 0.05) is 31.7 Å². The molecule has 1 unspecified atom stereocenters. The van der Waals surface area contributed by atoms with E-state index in [0.29, 0.717) is 26.3 Å². The van der Waals surface area contributed by atoms with Crippen molar-refractivity contribution in [1.82, 2.24) is 14.1 Å². The number of aryl methyl sites for hydroxylation is 1. The fourth-order valence-electron chi connectivity index (χ4n) is 4.87. The fourth-order valence-corrected chi connectivity index (χ4v) is 6.28. The third-order valence-electron chi connectivity index (χ3n) is 7.22. The largest absolute Gasteiger partial charge is 0.507 e. The molecule has 0 aromatic heterocycles. The van der Waals surface area contributed by atoms with Gasteiger partial charge in [-0.15, -0.1) is 0 Å². The Hall–Kier alpha value is -3.05. The Morgan fingerprint density at radius 3 is 2.18 bits per heavy atom. The number of benzene rings is 2. The van der Waals surface area contributed by atoms with Crippen molar-refractivity contribution in [3.63, 3.8) is 0 Å². The molecule has 10 heteroatoms. The van der Waals surface area contributed by atoms with Crippen molar-refractivity contribution >= 4 is 27.5 Å². The van der Waals surface area contributed by atoms with Gasteiger partial charge in [-0.2, -0.15) is 4.31 Å². The lowest BCUT2D eigenvalue weighted by Gasteiger charge is -2.28. The van der Waals surface area contributed by atoms with Crippen LogP contribution < -0.4 is 0 Å². The zero-order chi connectivity index (χ0) is 27.4. The van der Waals surface area contributed by atoms with E-state index in [1.165, 1.54) is 33.5 Å². The zero-order valence-corrected chi connectivity index (χ0v) is 22.9. The Kier molecular flexibility index (Phi) is 8.67. The monoisotopic (exact) mass is 541 g/mol. The number of Topliss-reactive ketones (excluding diaryl/α,β-unsaturated/α-hetero) is 1. The van der Waals surface area contributed by atoms with Gasteiger partial charge in [-0.05, 0) is 49.8 Å². The maximum absolute atomic E-state index is 13.3. The molecule has 0 saturated carbocycles. The van der Waals surface area contributed by atoms with Crippen LogP contribution in [-0.2, 0) is 24.3 Å². The minimum absolute atomic E-state index is 0.00202. The van der Waals surface area contributed by atoms with Crippen molar-refractivity contribution in [1.29, 1.82) is 0 Å². The number of carbonyl (C=O) groups excluding carboxylic acids is 2. The molecule has 2 aromatic rings. The van der Waals surface area contributed by atoms with Gasteiger partial charge in [-0.3, -0.25) is 9.59 Å². The van der Waals surface area contributed by atoms with Gasteiger partial charge in [0.15, 0.2) is 0 Å². The number of nitrogens with zero attached hydrogens (tertiary/aromatic N) is 3. The quantitative estimate of drug-likeness (QED) is 0.296. The van der Waals surface area contributed by atoms with Crippen LogP contribution in [0.4, 0.5) is 0 Å². The molecule has 38 heavy (non-hydrogen) atoms. The molecule has 0 spiro atoms. The highest BCUT2D eigenvalue weighted by atomic mass is 32.2. The van der Waals surface area contributed by atoms with Crippen molar-refractivity contribution in [3.05, 3.63) is 70.8 Å². The highest BCUT2D eigenvalue weighted by Gasteiger charge is 2.46. The number of sulfonamides is 1. The summed E-state index contributed by atoms with van der Waals surface area (Å²) in [5.41, 5.74) is 2.03. The number of aliphatic hydroxyl groups excluding tert-OH is 1. The summed E-state index contributed by atoms with van der Waals surface area (Å²) in [6, 6.07) is 12.6. The van der Waals surface area contributed by atoms with E-state index in [-0.39, 0.29) is 34.9 Å². The van der Waals surface area contributed by atoms with E-state index >= 15 is 0 Å². The van der Waals surface area contributed by atoms with Crippen LogP contribution in [0.2, 0.25) is 0 Å². The molecule has 2 aliphatic heterocycles. The van der Waals surface area contributed by atoms with Crippen LogP contribution in [0.25, 0.3) is 5.76 Å². The van der Waals surface area contributed by atoms with Gasteiger partial charge in [0.2, 0.25) is 10.0 Å². The highest BCUT2D eigenvalue weighted by molar-refractivity contribution is 7.89. The second-order valence-corrected chi connectivity index (χ2v) is 11.4. The van der Waals surface area contributed by atoms with Gasteiger partial charge in [0.05, 0.1) is 29.7 Å². The number of hydrogen-bond donors (Lipinski definition) is 1. The Morgan fingerprint density at radius 1 is 1.00 bits per heavy atom. The van der Waals surface area contributed by atoms with Crippen LogP contribution in [0.3, 0.4) is 0 Å². The number of ketones is 1. The molecule has 2 saturated heterocycles. The number of likely N-dealkylation sites (N-methyl/N-ethyl adjacent to an activating group) is 1. The van der Waals surface area contributed by atoms with Crippen molar-refractivity contribution in [2.45, 2.75) is 31.7 Å². The first-order valence-electron chi connectivity index (χ1n) is 12.9. The number of morpholine rings is 1. The lowest BCUT2D eigenvalue weighted by atomic mass is 9.95.